The molecule has 1 aliphatic rings. The van der Waals surface area contributed by atoms with Gasteiger partial charge in [-0.3, -0.25) is 9.79 Å². The van der Waals surface area contributed by atoms with Crippen LogP contribution in [0.25, 0.3) is 5.57 Å². The fourth-order valence-electron chi connectivity index (χ4n) is 3.05. The molecule has 0 saturated carbocycles. The average Bonchev–Trinajstić information content (AvgIpc) is 2.75. The van der Waals surface area contributed by atoms with Crippen molar-refractivity contribution in [3.8, 4) is 5.88 Å². The van der Waals surface area contributed by atoms with E-state index in [4.69, 9.17) is 16.2 Å². The van der Waals surface area contributed by atoms with E-state index in [0.29, 0.717) is 24.5 Å². The molecule has 8 nitrogen and oxygen atoms in total. The Balaban J connectivity index is 1.48. The molecule has 1 unspecified atom stereocenters. The molecule has 152 valence electrons. The highest BCUT2D eigenvalue weighted by Gasteiger charge is 2.20. The van der Waals surface area contributed by atoms with Gasteiger partial charge < -0.3 is 26.8 Å². The molecule has 0 fully saturated rings. The molecule has 1 aromatic carbocycles. The number of aliphatic imine (C=N–C) groups is 1. The van der Waals surface area contributed by atoms with Crippen LogP contribution in [0.5, 0.6) is 5.88 Å². The minimum atomic E-state index is -0.411. The topological polar surface area (TPSA) is 128 Å². The van der Waals surface area contributed by atoms with Crippen molar-refractivity contribution in [2.45, 2.75) is 12.5 Å². The van der Waals surface area contributed by atoms with E-state index in [1.54, 1.807) is 31.6 Å². The van der Waals surface area contributed by atoms with Gasteiger partial charge in [-0.1, -0.05) is 12.1 Å². The number of fused-ring (bicyclic) bond motifs is 1. The highest BCUT2D eigenvalue weighted by molar-refractivity contribution is 6.09. The van der Waals surface area contributed by atoms with Gasteiger partial charge in [0.1, 0.15) is 6.10 Å². The Bertz CT molecular complexity index is 908. The molecule has 1 aromatic heterocycles. The first-order valence-electron chi connectivity index (χ1n) is 9.45. The molecule has 0 aliphatic carbocycles. The zero-order chi connectivity index (χ0) is 20.6. The minimum Gasteiger partial charge on any atom is -0.470 e. The number of nitrogens with zero attached hydrogens (tertiary/aromatic N) is 2. The maximum atomic E-state index is 11.1. The number of primary amides is 1. The van der Waals surface area contributed by atoms with E-state index < -0.39 is 5.91 Å². The molecule has 0 saturated heterocycles. The Hall–Kier alpha value is -3.39. The fourth-order valence-corrected chi connectivity index (χ4v) is 3.05. The van der Waals surface area contributed by atoms with Crippen LogP contribution in [0.15, 0.2) is 47.7 Å². The highest BCUT2D eigenvalue weighted by Crippen LogP contribution is 2.29. The standard InChI is InChI=1S/C21H26N6O2/c1-24-10-17(9-22)16-8-19-21(27-11-16)29-18(13-26-19)12-25-7-6-14-2-4-15(5-3-14)20(23)28/h2-5,8-11,18,25-26H,6-7,12-13,22H2,1H3,(H2,23,28)/b17-9+,24-10?. The van der Waals surface area contributed by atoms with Crippen LogP contribution < -0.4 is 26.8 Å². The molecule has 2 heterocycles. The van der Waals surface area contributed by atoms with Gasteiger partial charge in [0, 0.05) is 48.9 Å². The second-order valence-corrected chi connectivity index (χ2v) is 6.72. The molecule has 2 aromatic rings. The van der Waals surface area contributed by atoms with Crippen molar-refractivity contribution < 1.29 is 9.53 Å². The summed E-state index contributed by atoms with van der Waals surface area (Å²) < 4.78 is 5.98. The lowest BCUT2D eigenvalue weighted by Gasteiger charge is -2.27. The smallest absolute Gasteiger partial charge is 0.248 e. The highest BCUT2D eigenvalue weighted by atomic mass is 16.5. The normalized spacial score (nSPS) is 16.2. The summed E-state index contributed by atoms with van der Waals surface area (Å²) in [6, 6.07) is 9.31. The van der Waals surface area contributed by atoms with Crippen LogP contribution in [-0.2, 0) is 6.42 Å². The van der Waals surface area contributed by atoms with Crippen LogP contribution in [0.2, 0.25) is 0 Å². The zero-order valence-electron chi connectivity index (χ0n) is 16.4. The molecule has 6 N–H and O–H groups in total. The summed E-state index contributed by atoms with van der Waals surface area (Å²) in [6.07, 6.45) is 5.77. The molecular formula is C21H26N6O2. The maximum Gasteiger partial charge on any atom is 0.248 e. The monoisotopic (exact) mass is 394 g/mol. The summed E-state index contributed by atoms with van der Waals surface area (Å²) in [5.74, 6) is 0.171. The second kappa shape index (κ2) is 9.70. The molecule has 0 radical (unpaired) electrons. The van der Waals surface area contributed by atoms with E-state index in [2.05, 4.69) is 20.6 Å². The van der Waals surface area contributed by atoms with Gasteiger partial charge in [-0.15, -0.1) is 0 Å². The van der Waals surface area contributed by atoms with Crippen LogP contribution >= 0.6 is 0 Å². The molecule has 29 heavy (non-hydrogen) atoms. The quantitative estimate of drug-likeness (QED) is 0.393. The number of amides is 1. The number of anilines is 1. The van der Waals surface area contributed by atoms with E-state index in [1.807, 2.05) is 18.2 Å². The Labute approximate surface area is 170 Å². The summed E-state index contributed by atoms with van der Waals surface area (Å²) >= 11 is 0. The first kappa shape index (κ1) is 20.3. The lowest BCUT2D eigenvalue weighted by Crippen LogP contribution is -2.40. The van der Waals surface area contributed by atoms with E-state index in [1.165, 1.54) is 6.20 Å². The van der Waals surface area contributed by atoms with E-state index in [9.17, 15) is 4.79 Å². The van der Waals surface area contributed by atoms with Gasteiger partial charge in [-0.2, -0.15) is 0 Å². The first-order chi connectivity index (χ1) is 14.1. The van der Waals surface area contributed by atoms with Gasteiger partial charge in [0.05, 0.1) is 12.2 Å². The van der Waals surface area contributed by atoms with Gasteiger partial charge in [0.2, 0.25) is 11.8 Å². The van der Waals surface area contributed by atoms with Gasteiger partial charge in [-0.25, -0.2) is 4.98 Å². The van der Waals surface area contributed by atoms with Crippen molar-refractivity contribution in [1.82, 2.24) is 10.3 Å². The molecule has 0 spiro atoms. The predicted molar refractivity (Wildman–Crippen MR) is 115 cm³/mol. The van der Waals surface area contributed by atoms with Crippen LogP contribution in [0.1, 0.15) is 21.5 Å². The van der Waals surface area contributed by atoms with E-state index >= 15 is 0 Å². The summed E-state index contributed by atoms with van der Waals surface area (Å²) in [5.41, 5.74) is 15.1. The molecule has 1 amide bonds. The van der Waals surface area contributed by atoms with Crippen LogP contribution in [-0.4, -0.2) is 49.9 Å². The van der Waals surface area contributed by atoms with Gasteiger partial charge in [-0.05, 0) is 36.7 Å². The Morgan fingerprint density at radius 2 is 2.17 bits per heavy atom. The van der Waals surface area contributed by atoms with Gasteiger partial charge in [0.15, 0.2) is 0 Å². The third-order valence-electron chi connectivity index (χ3n) is 4.63. The number of aromatic nitrogens is 1. The summed E-state index contributed by atoms with van der Waals surface area (Å²) in [7, 11) is 1.70. The lowest BCUT2D eigenvalue weighted by molar-refractivity contribution is 0.100. The van der Waals surface area contributed by atoms with Gasteiger partial charge >= 0.3 is 0 Å². The number of ether oxygens (including phenoxy) is 1. The van der Waals surface area contributed by atoms with Crippen LogP contribution in [0.3, 0.4) is 0 Å². The number of hydrogen-bond donors (Lipinski definition) is 4. The number of benzene rings is 1. The molecule has 1 aliphatic heterocycles. The Kier molecular flexibility index (Phi) is 6.80. The predicted octanol–water partition coefficient (Wildman–Crippen LogP) is 1.19. The first-order valence-corrected chi connectivity index (χ1v) is 9.45. The zero-order valence-corrected chi connectivity index (χ0v) is 16.4. The van der Waals surface area contributed by atoms with Gasteiger partial charge in [0.25, 0.3) is 0 Å². The van der Waals surface area contributed by atoms with Crippen molar-refractivity contribution in [3.05, 3.63) is 59.4 Å². The van der Waals surface area contributed by atoms with Crippen LogP contribution in [0, 0.1) is 0 Å². The van der Waals surface area contributed by atoms with Crippen molar-refractivity contribution in [1.29, 1.82) is 0 Å². The third kappa shape index (κ3) is 5.32. The number of allylic oxidation sites excluding steroid dienone is 1. The average molecular weight is 394 g/mol. The van der Waals surface area contributed by atoms with E-state index in [0.717, 1.165) is 35.4 Å². The lowest BCUT2D eigenvalue weighted by atomic mass is 10.1. The SMILES string of the molecule is CN=C/C(=C\N)c1cnc2c(c1)NCC(CNCCc1ccc(C(N)=O)cc1)O2. The number of nitrogens with one attached hydrogen (secondary N) is 2. The number of hydrogen-bond acceptors (Lipinski definition) is 7. The Morgan fingerprint density at radius 3 is 2.86 bits per heavy atom. The maximum absolute atomic E-state index is 11.1. The van der Waals surface area contributed by atoms with Crippen molar-refractivity contribution in [2.75, 3.05) is 32.0 Å². The largest absolute Gasteiger partial charge is 0.470 e. The molecular weight excluding hydrogens is 368 g/mol. The summed E-state index contributed by atoms with van der Waals surface area (Å²) in [5, 5.41) is 6.77. The molecule has 8 heteroatoms. The number of carbonyl (C=O) groups excluding carboxylic acids is 1. The number of nitrogens with two attached hydrogens (primary N) is 2. The van der Waals surface area contributed by atoms with Crippen molar-refractivity contribution in [3.63, 3.8) is 0 Å². The van der Waals surface area contributed by atoms with E-state index in [-0.39, 0.29) is 6.10 Å². The van der Waals surface area contributed by atoms with Crippen molar-refractivity contribution >= 4 is 23.4 Å². The molecule has 0 bridgehead atoms. The number of rotatable bonds is 8. The van der Waals surface area contributed by atoms with Crippen LogP contribution in [0.4, 0.5) is 5.69 Å². The second-order valence-electron chi connectivity index (χ2n) is 6.72. The number of carbonyl (C=O) groups is 1. The number of pyridine rings is 1. The molecule has 1 atom stereocenters. The van der Waals surface area contributed by atoms with Crippen molar-refractivity contribution in [2.24, 2.45) is 16.5 Å². The summed E-state index contributed by atoms with van der Waals surface area (Å²) in [4.78, 5) is 19.5. The minimum absolute atomic E-state index is 0.0141. The molecule has 3 rings (SSSR count). The summed E-state index contributed by atoms with van der Waals surface area (Å²) in [6.45, 7) is 2.18. The fraction of sp³-hybridized carbons (Fsp3) is 0.286. The third-order valence-corrected chi connectivity index (χ3v) is 4.63. The Morgan fingerprint density at radius 1 is 1.38 bits per heavy atom.